The van der Waals surface area contributed by atoms with Crippen molar-refractivity contribution in [2.45, 2.75) is 6.54 Å². The number of aromatic nitrogens is 2. The van der Waals surface area contributed by atoms with Gasteiger partial charge in [-0.2, -0.15) is 5.10 Å². The third-order valence-electron chi connectivity index (χ3n) is 4.83. The zero-order valence-corrected chi connectivity index (χ0v) is 17.8. The number of hydrogen-bond acceptors (Lipinski definition) is 6. The Labute approximate surface area is 188 Å². The first-order valence-electron chi connectivity index (χ1n) is 10.0. The van der Waals surface area contributed by atoms with Gasteiger partial charge in [0.05, 0.1) is 29.8 Å². The third-order valence-corrected chi connectivity index (χ3v) is 5.68. The molecule has 1 N–H and O–H groups in total. The fourth-order valence-corrected chi connectivity index (χ4v) is 4.11. The number of rotatable bonds is 5. The molecule has 32 heavy (non-hydrogen) atoms. The normalized spacial score (nSPS) is 13.6. The predicted octanol–water partition coefficient (Wildman–Crippen LogP) is 3.93. The van der Waals surface area contributed by atoms with Crippen molar-refractivity contribution in [1.29, 1.82) is 0 Å². The average molecular weight is 442 g/mol. The summed E-state index contributed by atoms with van der Waals surface area (Å²) in [5.74, 6) is 0.487. The molecule has 2 aromatic heterocycles. The third kappa shape index (κ3) is 4.35. The largest absolute Gasteiger partial charge is 0.482 e. The van der Waals surface area contributed by atoms with Gasteiger partial charge in [-0.05, 0) is 35.9 Å². The van der Waals surface area contributed by atoms with Crippen LogP contribution in [-0.4, -0.2) is 28.4 Å². The van der Waals surface area contributed by atoms with Crippen LogP contribution < -0.4 is 14.9 Å². The molecule has 5 rings (SSSR count). The van der Waals surface area contributed by atoms with E-state index < -0.39 is 0 Å². The van der Waals surface area contributed by atoms with E-state index in [1.165, 1.54) is 11.3 Å². The molecular weight excluding hydrogens is 422 g/mol. The molecule has 0 atom stereocenters. The van der Waals surface area contributed by atoms with Crippen LogP contribution in [0.2, 0.25) is 0 Å². The van der Waals surface area contributed by atoms with E-state index in [-0.39, 0.29) is 12.5 Å². The number of anilines is 1. The smallest absolute Gasteiger partial charge is 0.262 e. The molecule has 8 heteroatoms. The van der Waals surface area contributed by atoms with Gasteiger partial charge in [-0.15, -0.1) is 11.3 Å². The van der Waals surface area contributed by atoms with Crippen molar-refractivity contribution in [3.63, 3.8) is 0 Å². The number of nitrogens with zero attached hydrogens (tertiary/aromatic N) is 4. The van der Waals surface area contributed by atoms with Gasteiger partial charge in [0.1, 0.15) is 5.75 Å². The van der Waals surface area contributed by atoms with Crippen LogP contribution in [-0.2, 0) is 11.3 Å². The predicted molar refractivity (Wildman–Crippen MR) is 125 cm³/mol. The zero-order valence-electron chi connectivity index (χ0n) is 17.0. The molecule has 0 unspecified atom stereocenters. The molecule has 0 spiro atoms. The number of carbonyl (C=O) groups excluding carboxylic acids is 1. The van der Waals surface area contributed by atoms with Gasteiger partial charge in [0.15, 0.2) is 6.61 Å². The second kappa shape index (κ2) is 8.99. The highest BCUT2D eigenvalue weighted by molar-refractivity contribution is 7.07. The maximum atomic E-state index is 11.7. The number of benzene rings is 2. The number of hydrogen-bond donors (Lipinski definition) is 1. The SMILES string of the molecule is O=C1COc2ccc(-c3csc(=NCc4ccccc4)n3N=Cc3ccccn3)cc2N1. The van der Waals surface area contributed by atoms with E-state index in [0.717, 1.165) is 27.3 Å². The summed E-state index contributed by atoms with van der Waals surface area (Å²) in [4.78, 5) is 21.6. The molecule has 2 aromatic carbocycles. The first-order valence-corrected chi connectivity index (χ1v) is 10.9. The average Bonchev–Trinajstić information content (AvgIpc) is 3.25. The lowest BCUT2D eigenvalue weighted by atomic mass is 10.1. The minimum absolute atomic E-state index is 0.0294. The number of thiazole rings is 1. The van der Waals surface area contributed by atoms with Crippen LogP contribution in [0.3, 0.4) is 0 Å². The van der Waals surface area contributed by atoms with Crippen molar-refractivity contribution in [3.05, 3.63) is 94.4 Å². The molecule has 0 aliphatic carbocycles. The maximum absolute atomic E-state index is 11.7. The van der Waals surface area contributed by atoms with Crippen molar-refractivity contribution in [2.24, 2.45) is 10.1 Å². The van der Waals surface area contributed by atoms with E-state index in [1.54, 1.807) is 17.1 Å². The first kappa shape index (κ1) is 19.9. The Bertz CT molecular complexity index is 1340. The fraction of sp³-hybridized carbons (Fsp3) is 0.0833. The van der Waals surface area contributed by atoms with Crippen molar-refractivity contribution >= 4 is 29.1 Å². The fourth-order valence-electron chi connectivity index (χ4n) is 3.27. The summed E-state index contributed by atoms with van der Waals surface area (Å²) in [6.07, 6.45) is 3.44. The molecule has 0 fully saturated rings. The highest BCUT2D eigenvalue weighted by Gasteiger charge is 2.17. The van der Waals surface area contributed by atoms with Crippen LogP contribution >= 0.6 is 11.3 Å². The maximum Gasteiger partial charge on any atom is 0.262 e. The van der Waals surface area contributed by atoms with Gasteiger partial charge in [0.25, 0.3) is 5.91 Å². The van der Waals surface area contributed by atoms with Crippen LogP contribution in [0.15, 0.2) is 88.4 Å². The topological polar surface area (TPSA) is 80.9 Å². The molecule has 4 aromatic rings. The Morgan fingerprint density at radius 2 is 2.00 bits per heavy atom. The Morgan fingerprint density at radius 3 is 2.84 bits per heavy atom. The summed E-state index contributed by atoms with van der Waals surface area (Å²) < 4.78 is 7.28. The number of carbonyl (C=O) groups is 1. The lowest BCUT2D eigenvalue weighted by Gasteiger charge is -2.18. The van der Waals surface area contributed by atoms with Crippen LogP contribution in [0.25, 0.3) is 11.3 Å². The van der Waals surface area contributed by atoms with Gasteiger partial charge in [-0.1, -0.05) is 36.4 Å². The summed E-state index contributed by atoms with van der Waals surface area (Å²) in [7, 11) is 0. The van der Waals surface area contributed by atoms with Gasteiger partial charge in [-0.25, -0.2) is 4.68 Å². The highest BCUT2D eigenvalue weighted by atomic mass is 32.1. The van der Waals surface area contributed by atoms with Crippen molar-refractivity contribution in [2.75, 3.05) is 11.9 Å². The molecule has 1 aliphatic heterocycles. The molecule has 1 amide bonds. The van der Waals surface area contributed by atoms with Crippen molar-refractivity contribution < 1.29 is 9.53 Å². The second-order valence-electron chi connectivity index (χ2n) is 7.06. The minimum Gasteiger partial charge on any atom is -0.482 e. The number of nitrogens with one attached hydrogen (secondary N) is 1. The van der Waals surface area contributed by atoms with E-state index in [0.29, 0.717) is 18.0 Å². The molecule has 0 saturated heterocycles. The quantitative estimate of drug-likeness (QED) is 0.477. The van der Waals surface area contributed by atoms with Gasteiger partial charge in [0.2, 0.25) is 4.80 Å². The number of amides is 1. The Hall–Kier alpha value is -4.04. The number of ether oxygens (including phenoxy) is 1. The zero-order chi connectivity index (χ0) is 21.8. The summed E-state index contributed by atoms with van der Waals surface area (Å²) in [6.45, 7) is 0.579. The van der Waals surface area contributed by atoms with Crippen LogP contribution in [0, 0.1) is 0 Å². The van der Waals surface area contributed by atoms with Crippen LogP contribution in [0.5, 0.6) is 5.75 Å². The Balaban J connectivity index is 1.56. The summed E-state index contributed by atoms with van der Waals surface area (Å²) >= 11 is 1.51. The monoisotopic (exact) mass is 441 g/mol. The summed E-state index contributed by atoms with van der Waals surface area (Å²) in [5.41, 5.74) is 4.27. The first-order chi connectivity index (χ1) is 15.8. The molecule has 7 nitrogen and oxygen atoms in total. The summed E-state index contributed by atoms with van der Waals surface area (Å²) in [5, 5.41) is 9.55. The van der Waals surface area contributed by atoms with Gasteiger partial charge in [-0.3, -0.25) is 14.8 Å². The molecule has 158 valence electrons. The van der Waals surface area contributed by atoms with E-state index in [2.05, 4.69) is 15.4 Å². The van der Waals surface area contributed by atoms with Crippen molar-refractivity contribution in [3.8, 4) is 17.0 Å². The van der Waals surface area contributed by atoms with Gasteiger partial charge < -0.3 is 10.1 Å². The minimum atomic E-state index is -0.167. The lowest BCUT2D eigenvalue weighted by molar-refractivity contribution is -0.118. The number of fused-ring (bicyclic) bond motifs is 1. The molecule has 0 saturated carbocycles. The van der Waals surface area contributed by atoms with E-state index >= 15 is 0 Å². The molecule has 3 heterocycles. The van der Waals surface area contributed by atoms with Crippen LogP contribution in [0.1, 0.15) is 11.3 Å². The highest BCUT2D eigenvalue weighted by Crippen LogP contribution is 2.32. The van der Waals surface area contributed by atoms with E-state index in [4.69, 9.17) is 9.73 Å². The van der Waals surface area contributed by atoms with E-state index in [9.17, 15) is 4.79 Å². The van der Waals surface area contributed by atoms with E-state index in [1.807, 2.05) is 72.1 Å². The molecular formula is C24H19N5O2S. The Morgan fingerprint density at radius 1 is 1.12 bits per heavy atom. The Kier molecular flexibility index (Phi) is 5.59. The summed E-state index contributed by atoms with van der Waals surface area (Å²) in [6, 6.07) is 21.5. The molecule has 0 radical (unpaired) electrons. The van der Waals surface area contributed by atoms with Crippen LogP contribution in [0.4, 0.5) is 5.69 Å². The van der Waals surface area contributed by atoms with Crippen molar-refractivity contribution in [1.82, 2.24) is 9.66 Å². The molecule has 0 bridgehead atoms. The molecule has 1 aliphatic rings. The second-order valence-corrected chi connectivity index (χ2v) is 7.90. The van der Waals surface area contributed by atoms with Gasteiger partial charge in [0, 0.05) is 17.1 Å². The lowest BCUT2D eigenvalue weighted by Crippen LogP contribution is -2.25. The standard InChI is InChI=1S/C24H19N5O2S/c30-23-15-31-22-10-9-18(12-20(22)28-23)21-16-32-24(26-13-17-6-2-1-3-7-17)29(21)27-14-19-8-4-5-11-25-19/h1-12,14,16H,13,15H2,(H,28,30). The number of pyridine rings is 1. The van der Waals surface area contributed by atoms with Gasteiger partial charge >= 0.3 is 0 Å².